The van der Waals surface area contributed by atoms with Gasteiger partial charge in [0.2, 0.25) is 15.9 Å². The molecule has 0 spiro atoms. The summed E-state index contributed by atoms with van der Waals surface area (Å²) in [5, 5.41) is 0.390. The number of hydrogen-bond donors (Lipinski definition) is 1. The van der Waals surface area contributed by atoms with Gasteiger partial charge < -0.3 is 5.73 Å². The van der Waals surface area contributed by atoms with E-state index in [1.807, 2.05) is 0 Å². The van der Waals surface area contributed by atoms with Gasteiger partial charge in [0, 0.05) is 11.6 Å². The smallest absolute Gasteiger partial charge is 0.244 e. The van der Waals surface area contributed by atoms with Crippen LogP contribution in [0, 0.1) is 5.82 Å². The third-order valence-electron chi connectivity index (χ3n) is 4.63. The van der Waals surface area contributed by atoms with Crippen LogP contribution < -0.4 is 5.73 Å². The SMILES string of the molecule is NC(=O)C(c1ccccc1)N(CCc1ccc(F)cc1)S(=O)(=O)c1ccc(Cl)cc1. The van der Waals surface area contributed by atoms with E-state index in [1.54, 1.807) is 42.5 Å². The molecule has 0 aliphatic rings. The van der Waals surface area contributed by atoms with E-state index in [0.29, 0.717) is 10.6 Å². The molecule has 0 aromatic heterocycles. The molecule has 1 amide bonds. The zero-order valence-corrected chi connectivity index (χ0v) is 17.5. The highest BCUT2D eigenvalue weighted by Gasteiger charge is 2.35. The predicted octanol–water partition coefficient (Wildman–Crippen LogP) is 3.94. The highest BCUT2D eigenvalue weighted by molar-refractivity contribution is 7.89. The number of benzene rings is 3. The lowest BCUT2D eigenvalue weighted by Gasteiger charge is -2.29. The number of nitrogens with two attached hydrogens (primary N) is 1. The molecule has 5 nitrogen and oxygen atoms in total. The minimum absolute atomic E-state index is 0.00631. The maximum atomic E-state index is 13.5. The molecule has 0 fully saturated rings. The van der Waals surface area contributed by atoms with Crippen LogP contribution in [0.1, 0.15) is 17.2 Å². The first kappa shape index (κ1) is 22.0. The van der Waals surface area contributed by atoms with Gasteiger partial charge in [0.1, 0.15) is 11.9 Å². The number of rotatable bonds is 8. The van der Waals surface area contributed by atoms with Crippen molar-refractivity contribution in [1.82, 2.24) is 4.31 Å². The van der Waals surface area contributed by atoms with Crippen molar-refractivity contribution in [2.24, 2.45) is 5.73 Å². The minimum atomic E-state index is -4.09. The standard InChI is InChI=1S/C22H20ClFN2O3S/c23-18-8-12-20(13-9-18)30(28,29)26(15-14-16-6-10-19(24)11-7-16)21(22(25)27)17-4-2-1-3-5-17/h1-13,21H,14-15H2,(H2,25,27). The van der Waals surface area contributed by atoms with Crippen LogP contribution in [0.5, 0.6) is 0 Å². The molecule has 30 heavy (non-hydrogen) atoms. The number of carbonyl (C=O) groups excluding carboxylic acids is 1. The number of carbonyl (C=O) groups is 1. The Morgan fingerprint density at radius 3 is 2.13 bits per heavy atom. The summed E-state index contributed by atoms with van der Waals surface area (Å²) in [6.45, 7) is -0.0287. The van der Waals surface area contributed by atoms with E-state index < -0.39 is 22.0 Å². The van der Waals surface area contributed by atoms with Crippen LogP contribution in [0.4, 0.5) is 4.39 Å². The van der Waals surface area contributed by atoms with Gasteiger partial charge in [-0.15, -0.1) is 0 Å². The van der Waals surface area contributed by atoms with Crippen LogP contribution in [0.15, 0.2) is 83.8 Å². The average Bonchev–Trinajstić information content (AvgIpc) is 2.73. The van der Waals surface area contributed by atoms with Crippen molar-refractivity contribution < 1.29 is 17.6 Å². The zero-order valence-electron chi connectivity index (χ0n) is 15.9. The average molecular weight is 447 g/mol. The van der Waals surface area contributed by atoms with Gasteiger partial charge in [-0.25, -0.2) is 12.8 Å². The van der Waals surface area contributed by atoms with Crippen molar-refractivity contribution in [2.45, 2.75) is 17.4 Å². The Hall–Kier alpha value is -2.74. The van der Waals surface area contributed by atoms with Gasteiger partial charge in [-0.2, -0.15) is 4.31 Å². The second kappa shape index (κ2) is 9.38. The van der Waals surface area contributed by atoms with Crippen molar-refractivity contribution in [1.29, 1.82) is 0 Å². The van der Waals surface area contributed by atoms with Crippen molar-refractivity contribution in [3.8, 4) is 0 Å². The Morgan fingerprint density at radius 2 is 1.57 bits per heavy atom. The molecular formula is C22H20ClFN2O3S. The van der Waals surface area contributed by atoms with Crippen LogP contribution >= 0.6 is 11.6 Å². The molecule has 0 saturated heterocycles. The van der Waals surface area contributed by atoms with Crippen LogP contribution in [-0.4, -0.2) is 25.2 Å². The normalized spacial score (nSPS) is 12.6. The topological polar surface area (TPSA) is 80.5 Å². The first-order valence-electron chi connectivity index (χ1n) is 9.15. The van der Waals surface area contributed by atoms with E-state index in [1.165, 1.54) is 36.4 Å². The fourth-order valence-electron chi connectivity index (χ4n) is 3.13. The van der Waals surface area contributed by atoms with Crippen molar-refractivity contribution in [2.75, 3.05) is 6.54 Å². The molecule has 8 heteroatoms. The molecule has 1 atom stereocenters. The summed E-state index contributed by atoms with van der Waals surface area (Å²) in [5.41, 5.74) is 6.83. The van der Waals surface area contributed by atoms with Crippen LogP contribution in [0.2, 0.25) is 5.02 Å². The van der Waals surface area contributed by atoms with Gasteiger partial charge >= 0.3 is 0 Å². The Balaban J connectivity index is 2.03. The summed E-state index contributed by atoms with van der Waals surface area (Å²) >= 11 is 5.89. The van der Waals surface area contributed by atoms with Crippen LogP contribution in [0.3, 0.4) is 0 Å². The lowest BCUT2D eigenvalue weighted by atomic mass is 10.1. The van der Waals surface area contributed by atoms with Crippen molar-refractivity contribution in [3.05, 3.63) is 101 Å². The molecule has 156 valence electrons. The van der Waals surface area contributed by atoms with E-state index in [0.717, 1.165) is 9.87 Å². The Morgan fingerprint density at radius 1 is 0.967 bits per heavy atom. The first-order valence-corrected chi connectivity index (χ1v) is 11.0. The van der Waals surface area contributed by atoms with Crippen LogP contribution in [0.25, 0.3) is 0 Å². The third-order valence-corrected chi connectivity index (χ3v) is 6.76. The summed E-state index contributed by atoms with van der Waals surface area (Å²) < 4.78 is 41.2. The maximum Gasteiger partial charge on any atom is 0.244 e. The monoisotopic (exact) mass is 446 g/mol. The zero-order chi connectivity index (χ0) is 21.7. The molecule has 0 heterocycles. The second-order valence-corrected chi connectivity index (χ2v) is 8.99. The number of halogens is 2. The van der Waals surface area contributed by atoms with E-state index >= 15 is 0 Å². The molecule has 0 bridgehead atoms. The fourth-order valence-corrected chi connectivity index (χ4v) is 4.84. The molecule has 0 aliphatic carbocycles. The van der Waals surface area contributed by atoms with Gasteiger partial charge in [-0.05, 0) is 53.9 Å². The van der Waals surface area contributed by atoms with E-state index in [4.69, 9.17) is 17.3 Å². The molecule has 0 saturated carbocycles. The predicted molar refractivity (Wildman–Crippen MR) is 114 cm³/mol. The summed E-state index contributed by atoms with van der Waals surface area (Å²) in [5.74, 6) is -1.18. The molecular weight excluding hydrogens is 427 g/mol. The maximum absolute atomic E-state index is 13.5. The number of primary amides is 1. The molecule has 3 aromatic carbocycles. The largest absolute Gasteiger partial charge is 0.368 e. The number of amides is 1. The third kappa shape index (κ3) is 5.05. The quantitative estimate of drug-likeness (QED) is 0.569. The van der Waals surface area contributed by atoms with Gasteiger partial charge in [0.15, 0.2) is 0 Å². The van der Waals surface area contributed by atoms with Gasteiger partial charge in [-0.3, -0.25) is 4.79 Å². The van der Waals surface area contributed by atoms with Gasteiger partial charge in [0.05, 0.1) is 4.90 Å². The molecule has 1 unspecified atom stereocenters. The lowest BCUT2D eigenvalue weighted by Crippen LogP contribution is -2.42. The number of hydrogen-bond acceptors (Lipinski definition) is 3. The van der Waals surface area contributed by atoms with Gasteiger partial charge in [0.25, 0.3) is 0 Å². The fraction of sp³-hybridized carbons (Fsp3) is 0.136. The Kier molecular flexibility index (Phi) is 6.87. The molecule has 3 aromatic rings. The Bertz CT molecular complexity index is 1110. The highest BCUT2D eigenvalue weighted by atomic mass is 35.5. The molecule has 2 N–H and O–H groups in total. The molecule has 3 rings (SSSR count). The number of sulfonamides is 1. The van der Waals surface area contributed by atoms with Crippen molar-refractivity contribution >= 4 is 27.5 Å². The first-order chi connectivity index (χ1) is 14.3. The van der Waals surface area contributed by atoms with E-state index in [9.17, 15) is 17.6 Å². The number of nitrogens with zero attached hydrogens (tertiary/aromatic N) is 1. The Labute approximate surface area is 179 Å². The lowest BCUT2D eigenvalue weighted by molar-refractivity contribution is -0.121. The van der Waals surface area contributed by atoms with Crippen LogP contribution in [-0.2, 0) is 21.2 Å². The van der Waals surface area contributed by atoms with E-state index in [2.05, 4.69) is 0 Å². The highest BCUT2D eigenvalue weighted by Crippen LogP contribution is 2.29. The summed E-state index contributed by atoms with van der Waals surface area (Å²) in [4.78, 5) is 12.4. The molecule has 0 radical (unpaired) electrons. The van der Waals surface area contributed by atoms with E-state index in [-0.39, 0.29) is 23.7 Å². The summed E-state index contributed by atoms with van der Waals surface area (Å²) in [6, 6.07) is 18.7. The summed E-state index contributed by atoms with van der Waals surface area (Å²) in [7, 11) is -4.09. The molecule has 0 aliphatic heterocycles. The van der Waals surface area contributed by atoms with Gasteiger partial charge in [-0.1, -0.05) is 54.1 Å². The second-order valence-electron chi connectivity index (χ2n) is 6.66. The summed E-state index contributed by atoms with van der Waals surface area (Å²) in [6.07, 6.45) is 0.268. The van der Waals surface area contributed by atoms with Crippen molar-refractivity contribution in [3.63, 3.8) is 0 Å². The minimum Gasteiger partial charge on any atom is -0.368 e.